The molecule has 0 bridgehead atoms. The number of alkyl halides is 3. The van der Waals surface area contributed by atoms with Gasteiger partial charge in [0.25, 0.3) is 0 Å². The molecule has 0 atom stereocenters. The maximum atomic E-state index is 12.9. The zero-order chi connectivity index (χ0) is 15.5. The van der Waals surface area contributed by atoms with Crippen LogP contribution in [0.2, 0.25) is 0 Å². The van der Waals surface area contributed by atoms with Crippen molar-refractivity contribution in [1.82, 2.24) is 0 Å². The highest BCUT2D eigenvalue weighted by Gasteiger charge is 2.33. The van der Waals surface area contributed by atoms with Gasteiger partial charge in [0.05, 0.1) is 18.8 Å². The Bertz CT molecular complexity index is 607. The first kappa shape index (κ1) is 15.3. The molecular weight excluding hydrogens is 285 g/mol. The van der Waals surface area contributed by atoms with E-state index in [0.29, 0.717) is 11.3 Å². The van der Waals surface area contributed by atoms with Gasteiger partial charge in [-0.3, -0.25) is 0 Å². The van der Waals surface area contributed by atoms with Crippen molar-refractivity contribution in [2.45, 2.75) is 19.4 Å². The highest BCUT2D eigenvalue weighted by Crippen LogP contribution is 2.35. The average Bonchev–Trinajstić information content (AvgIpc) is 2.47. The van der Waals surface area contributed by atoms with Gasteiger partial charge in [0.15, 0.2) is 0 Å². The molecule has 0 amide bonds. The van der Waals surface area contributed by atoms with Crippen LogP contribution in [0, 0.1) is 0 Å². The van der Waals surface area contributed by atoms with E-state index in [1.54, 1.807) is 24.3 Å². The van der Waals surface area contributed by atoms with Gasteiger partial charge < -0.3 is 14.9 Å². The lowest BCUT2D eigenvalue weighted by Crippen LogP contribution is -2.09. The third kappa shape index (κ3) is 3.74. The number of hydrogen-bond donors (Lipinski definition) is 2. The predicted molar refractivity (Wildman–Crippen MR) is 69.8 cm³/mol. The van der Waals surface area contributed by atoms with Crippen LogP contribution in [0.15, 0.2) is 42.5 Å². The van der Waals surface area contributed by atoms with Crippen molar-refractivity contribution in [2.75, 3.05) is 0 Å². The smallest absolute Gasteiger partial charge is 0.416 e. The monoisotopic (exact) mass is 298 g/mol. The van der Waals surface area contributed by atoms with Crippen LogP contribution in [0.4, 0.5) is 13.2 Å². The predicted octanol–water partition coefficient (Wildman–Crippen LogP) is 3.48. The lowest BCUT2D eigenvalue weighted by Gasteiger charge is -2.13. The molecule has 2 N–H and O–H groups in total. The minimum absolute atomic E-state index is 0.0243. The number of rotatable bonds is 4. The van der Waals surface area contributed by atoms with Crippen molar-refractivity contribution >= 4 is 0 Å². The molecular formula is C15H13F3O3. The summed E-state index contributed by atoms with van der Waals surface area (Å²) in [5.74, 6) is 0.383. The molecule has 2 rings (SSSR count). The molecule has 21 heavy (non-hydrogen) atoms. The number of aliphatic hydroxyl groups excluding tert-OH is 2. The van der Waals surface area contributed by atoms with E-state index < -0.39 is 18.3 Å². The second-order valence-electron chi connectivity index (χ2n) is 4.38. The van der Waals surface area contributed by atoms with Gasteiger partial charge in [0.1, 0.15) is 11.5 Å². The molecule has 0 heterocycles. The summed E-state index contributed by atoms with van der Waals surface area (Å²) in [6, 6.07) is 9.73. The Morgan fingerprint density at radius 1 is 0.857 bits per heavy atom. The van der Waals surface area contributed by atoms with E-state index in [-0.39, 0.29) is 17.9 Å². The van der Waals surface area contributed by atoms with E-state index in [9.17, 15) is 13.2 Å². The number of halogens is 3. The van der Waals surface area contributed by atoms with Crippen molar-refractivity contribution in [3.05, 3.63) is 59.2 Å². The maximum absolute atomic E-state index is 12.9. The fourth-order valence-corrected chi connectivity index (χ4v) is 1.82. The first-order valence-corrected chi connectivity index (χ1v) is 6.12. The van der Waals surface area contributed by atoms with Crippen LogP contribution in [0.25, 0.3) is 0 Å². The van der Waals surface area contributed by atoms with Gasteiger partial charge in [-0.2, -0.15) is 13.2 Å². The molecule has 6 heteroatoms. The van der Waals surface area contributed by atoms with E-state index in [0.717, 1.165) is 6.07 Å². The normalized spacial score (nSPS) is 11.5. The highest BCUT2D eigenvalue weighted by atomic mass is 19.4. The second-order valence-corrected chi connectivity index (χ2v) is 4.38. The van der Waals surface area contributed by atoms with Crippen molar-refractivity contribution in [3.8, 4) is 11.5 Å². The summed E-state index contributed by atoms with van der Waals surface area (Å²) in [6.07, 6.45) is -4.56. The van der Waals surface area contributed by atoms with Crippen LogP contribution < -0.4 is 4.74 Å². The van der Waals surface area contributed by atoms with Crippen LogP contribution in [-0.4, -0.2) is 10.2 Å². The van der Waals surface area contributed by atoms with Gasteiger partial charge in [0, 0.05) is 0 Å². The number of aliphatic hydroxyl groups is 2. The molecule has 0 aliphatic heterocycles. The SMILES string of the molecule is OCc1ccc(Oc2ccc(CO)c(C(F)(F)F)c2)cc1. The lowest BCUT2D eigenvalue weighted by molar-refractivity contribution is -0.138. The van der Waals surface area contributed by atoms with Crippen LogP contribution in [0.3, 0.4) is 0 Å². The van der Waals surface area contributed by atoms with Crippen molar-refractivity contribution < 1.29 is 28.1 Å². The molecule has 112 valence electrons. The third-order valence-corrected chi connectivity index (χ3v) is 2.90. The molecule has 0 unspecified atom stereocenters. The van der Waals surface area contributed by atoms with Gasteiger partial charge in [-0.1, -0.05) is 18.2 Å². The van der Waals surface area contributed by atoms with Crippen LogP contribution in [0.5, 0.6) is 11.5 Å². The fraction of sp³-hybridized carbons (Fsp3) is 0.200. The third-order valence-electron chi connectivity index (χ3n) is 2.90. The summed E-state index contributed by atoms with van der Waals surface area (Å²) in [5, 5.41) is 17.9. The van der Waals surface area contributed by atoms with Gasteiger partial charge in [-0.15, -0.1) is 0 Å². The first-order valence-electron chi connectivity index (χ1n) is 6.12. The van der Waals surface area contributed by atoms with Crippen LogP contribution in [-0.2, 0) is 19.4 Å². The van der Waals surface area contributed by atoms with E-state index in [1.165, 1.54) is 12.1 Å². The Kier molecular flexibility index (Phi) is 4.50. The molecule has 3 nitrogen and oxygen atoms in total. The molecule has 0 fully saturated rings. The van der Waals surface area contributed by atoms with E-state index in [1.807, 2.05) is 0 Å². The summed E-state index contributed by atoms with van der Waals surface area (Å²) in [6.45, 7) is -0.815. The molecule has 2 aromatic carbocycles. The second kappa shape index (κ2) is 6.15. The Hall–Kier alpha value is -2.05. The topological polar surface area (TPSA) is 49.7 Å². The van der Waals surface area contributed by atoms with Crippen LogP contribution in [0.1, 0.15) is 16.7 Å². The van der Waals surface area contributed by atoms with Gasteiger partial charge in [-0.25, -0.2) is 0 Å². The first-order chi connectivity index (χ1) is 9.94. The molecule has 2 aromatic rings. The van der Waals surface area contributed by atoms with E-state index >= 15 is 0 Å². The number of hydrogen-bond acceptors (Lipinski definition) is 3. The molecule has 0 aliphatic rings. The zero-order valence-electron chi connectivity index (χ0n) is 10.9. The van der Waals surface area contributed by atoms with E-state index in [4.69, 9.17) is 14.9 Å². The minimum atomic E-state index is -4.56. The Morgan fingerprint density at radius 3 is 2.00 bits per heavy atom. The van der Waals surface area contributed by atoms with Gasteiger partial charge in [-0.05, 0) is 35.4 Å². The zero-order valence-corrected chi connectivity index (χ0v) is 10.9. The molecule has 0 saturated carbocycles. The fourth-order valence-electron chi connectivity index (χ4n) is 1.82. The summed E-state index contributed by atoms with van der Waals surface area (Å²) >= 11 is 0. The molecule has 0 saturated heterocycles. The highest BCUT2D eigenvalue weighted by molar-refractivity contribution is 5.40. The molecule has 0 aliphatic carbocycles. The van der Waals surface area contributed by atoms with Gasteiger partial charge in [0.2, 0.25) is 0 Å². The molecule has 0 spiro atoms. The lowest BCUT2D eigenvalue weighted by atomic mass is 10.1. The summed E-state index contributed by atoms with van der Waals surface area (Å²) in [5.41, 5.74) is -0.450. The quantitative estimate of drug-likeness (QED) is 0.908. The summed E-state index contributed by atoms with van der Waals surface area (Å²) in [4.78, 5) is 0. The summed E-state index contributed by atoms with van der Waals surface area (Å²) < 4.78 is 43.9. The van der Waals surface area contributed by atoms with Crippen molar-refractivity contribution in [3.63, 3.8) is 0 Å². The van der Waals surface area contributed by atoms with Crippen molar-refractivity contribution in [1.29, 1.82) is 0 Å². The maximum Gasteiger partial charge on any atom is 0.416 e. The Balaban J connectivity index is 2.27. The summed E-state index contributed by atoms with van der Waals surface area (Å²) in [7, 11) is 0. The molecule has 0 radical (unpaired) electrons. The van der Waals surface area contributed by atoms with Crippen LogP contribution >= 0.6 is 0 Å². The Morgan fingerprint density at radius 2 is 1.48 bits per heavy atom. The van der Waals surface area contributed by atoms with Gasteiger partial charge >= 0.3 is 6.18 Å². The van der Waals surface area contributed by atoms with E-state index in [2.05, 4.69) is 0 Å². The average molecular weight is 298 g/mol. The minimum Gasteiger partial charge on any atom is -0.457 e. The number of ether oxygens (including phenoxy) is 1. The molecule has 0 aromatic heterocycles. The largest absolute Gasteiger partial charge is 0.457 e. The van der Waals surface area contributed by atoms with Crippen molar-refractivity contribution in [2.24, 2.45) is 0 Å². The number of benzene rings is 2. The Labute approximate surface area is 119 Å². The standard InChI is InChI=1S/C15H13F3O3/c16-15(17,18)14-7-13(6-3-11(14)9-20)21-12-4-1-10(8-19)2-5-12/h1-7,19-20H,8-9H2.